The van der Waals surface area contributed by atoms with Gasteiger partial charge in [0.15, 0.2) is 0 Å². The summed E-state index contributed by atoms with van der Waals surface area (Å²) in [6.07, 6.45) is 0.322. The summed E-state index contributed by atoms with van der Waals surface area (Å²) >= 11 is 0. The standard InChI is InChI=1S/C25H23NO3/c27-23-15-16-26(25(28)29-18-19-7-3-1-4-8-19)24(17-23)22-13-11-21(12-14-22)20-9-5-2-6-10-20/h1-14,24H,15-18H2/t24-/m0/s1. The maximum Gasteiger partial charge on any atom is 0.410 e. The molecular weight excluding hydrogens is 362 g/mol. The summed E-state index contributed by atoms with van der Waals surface area (Å²) in [4.78, 5) is 26.5. The van der Waals surface area contributed by atoms with E-state index < -0.39 is 0 Å². The van der Waals surface area contributed by atoms with Crippen molar-refractivity contribution in [1.82, 2.24) is 4.90 Å². The predicted molar refractivity (Wildman–Crippen MR) is 112 cm³/mol. The second kappa shape index (κ2) is 8.74. The van der Waals surface area contributed by atoms with E-state index in [0.717, 1.165) is 22.3 Å². The van der Waals surface area contributed by atoms with Crippen LogP contribution >= 0.6 is 0 Å². The van der Waals surface area contributed by atoms with Gasteiger partial charge in [-0.1, -0.05) is 84.9 Å². The van der Waals surface area contributed by atoms with Gasteiger partial charge >= 0.3 is 6.09 Å². The van der Waals surface area contributed by atoms with Crippen molar-refractivity contribution in [3.05, 3.63) is 96.1 Å². The molecule has 4 rings (SSSR count). The Labute approximate surface area is 170 Å². The van der Waals surface area contributed by atoms with Crippen LogP contribution in [0.4, 0.5) is 4.79 Å². The van der Waals surface area contributed by atoms with E-state index in [1.807, 2.05) is 72.8 Å². The average molecular weight is 385 g/mol. The fourth-order valence-electron chi connectivity index (χ4n) is 3.68. The summed E-state index contributed by atoms with van der Waals surface area (Å²) in [5, 5.41) is 0. The van der Waals surface area contributed by atoms with Gasteiger partial charge in [-0.05, 0) is 22.3 Å². The Morgan fingerprint density at radius 3 is 2.17 bits per heavy atom. The lowest BCUT2D eigenvalue weighted by molar-refractivity contribution is -0.122. The van der Waals surface area contributed by atoms with Crippen LogP contribution in [0.15, 0.2) is 84.9 Å². The zero-order valence-corrected chi connectivity index (χ0v) is 16.2. The molecule has 0 aromatic heterocycles. The number of ketones is 1. The number of amides is 1. The zero-order chi connectivity index (χ0) is 20.1. The minimum Gasteiger partial charge on any atom is -0.445 e. The van der Waals surface area contributed by atoms with E-state index in [2.05, 4.69) is 12.1 Å². The fourth-order valence-corrected chi connectivity index (χ4v) is 3.68. The quantitative estimate of drug-likeness (QED) is 0.604. The van der Waals surface area contributed by atoms with Gasteiger partial charge in [0.2, 0.25) is 0 Å². The van der Waals surface area contributed by atoms with Crippen LogP contribution in [0.5, 0.6) is 0 Å². The molecule has 3 aromatic carbocycles. The van der Waals surface area contributed by atoms with Crippen molar-refractivity contribution in [2.45, 2.75) is 25.5 Å². The Morgan fingerprint density at radius 1 is 0.862 bits per heavy atom. The molecule has 1 aliphatic rings. The minimum atomic E-state index is -0.376. The molecule has 4 heteroatoms. The Kier molecular flexibility index (Phi) is 5.71. The van der Waals surface area contributed by atoms with Crippen molar-refractivity contribution in [1.29, 1.82) is 0 Å². The molecule has 0 unspecified atom stereocenters. The molecule has 1 atom stereocenters. The molecule has 3 aromatic rings. The summed E-state index contributed by atoms with van der Waals surface area (Å²) in [6, 6.07) is 27.5. The van der Waals surface area contributed by atoms with Crippen LogP contribution in [0, 0.1) is 0 Å². The van der Waals surface area contributed by atoms with Gasteiger partial charge < -0.3 is 9.64 Å². The zero-order valence-electron chi connectivity index (χ0n) is 16.2. The first kappa shape index (κ1) is 18.9. The average Bonchev–Trinajstić information content (AvgIpc) is 2.79. The lowest BCUT2D eigenvalue weighted by atomic mass is 9.93. The van der Waals surface area contributed by atoms with E-state index in [1.165, 1.54) is 0 Å². The Balaban J connectivity index is 1.50. The summed E-state index contributed by atoms with van der Waals surface area (Å²) in [7, 11) is 0. The number of rotatable bonds is 4. The molecule has 1 saturated heterocycles. The van der Waals surface area contributed by atoms with Crippen LogP contribution in [-0.2, 0) is 16.1 Å². The van der Waals surface area contributed by atoms with Gasteiger partial charge in [0.05, 0.1) is 6.04 Å². The minimum absolute atomic E-state index is 0.175. The van der Waals surface area contributed by atoms with Gasteiger partial charge in [-0.2, -0.15) is 0 Å². The van der Waals surface area contributed by atoms with Crippen molar-refractivity contribution in [2.24, 2.45) is 0 Å². The number of Topliss-reactive ketones (excluding diaryl/α,β-unsaturated/α-hetero) is 1. The van der Waals surface area contributed by atoms with Gasteiger partial charge in [-0.25, -0.2) is 4.79 Å². The highest BCUT2D eigenvalue weighted by molar-refractivity contribution is 5.82. The van der Waals surface area contributed by atoms with E-state index in [-0.39, 0.29) is 24.5 Å². The number of likely N-dealkylation sites (tertiary alicyclic amines) is 1. The number of carbonyl (C=O) groups excluding carboxylic acids is 2. The highest BCUT2D eigenvalue weighted by Crippen LogP contribution is 2.31. The number of carbonyl (C=O) groups is 2. The Hall–Kier alpha value is -3.40. The third kappa shape index (κ3) is 4.54. The molecule has 1 amide bonds. The number of nitrogens with zero attached hydrogens (tertiary/aromatic N) is 1. The van der Waals surface area contributed by atoms with Crippen LogP contribution in [-0.4, -0.2) is 23.3 Å². The van der Waals surface area contributed by atoms with Gasteiger partial charge in [0, 0.05) is 19.4 Å². The highest BCUT2D eigenvalue weighted by Gasteiger charge is 2.32. The third-order valence-corrected chi connectivity index (χ3v) is 5.27. The first-order valence-electron chi connectivity index (χ1n) is 9.85. The largest absolute Gasteiger partial charge is 0.445 e. The van der Waals surface area contributed by atoms with Crippen LogP contribution in [0.25, 0.3) is 11.1 Å². The number of hydrogen-bond donors (Lipinski definition) is 0. The maximum atomic E-state index is 12.7. The van der Waals surface area contributed by atoms with E-state index >= 15 is 0 Å². The number of ether oxygens (including phenoxy) is 1. The molecule has 0 N–H and O–H groups in total. The summed E-state index contributed by atoms with van der Waals surface area (Å²) in [5.41, 5.74) is 4.14. The molecule has 1 aliphatic heterocycles. The second-order valence-corrected chi connectivity index (χ2v) is 7.23. The lowest BCUT2D eigenvalue weighted by Gasteiger charge is -2.34. The van der Waals surface area contributed by atoms with Crippen LogP contribution in [0.3, 0.4) is 0 Å². The smallest absolute Gasteiger partial charge is 0.410 e. The van der Waals surface area contributed by atoms with Crippen LogP contribution in [0.2, 0.25) is 0 Å². The normalized spacial score (nSPS) is 16.5. The molecule has 0 bridgehead atoms. The molecule has 4 nitrogen and oxygen atoms in total. The summed E-state index contributed by atoms with van der Waals surface area (Å²) < 4.78 is 5.52. The Morgan fingerprint density at radius 2 is 1.48 bits per heavy atom. The SMILES string of the molecule is O=C1CCN(C(=O)OCc2ccccc2)[C@H](c2ccc(-c3ccccc3)cc2)C1. The molecule has 0 saturated carbocycles. The molecule has 0 spiro atoms. The van der Waals surface area contributed by atoms with Crippen molar-refractivity contribution < 1.29 is 14.3 Å². The monoisotopic (exact) mass is 385 g/mol. The van der Waals surface area contributed by atoms with Gasteiger partial charge in [0.25, 0.3) is 0 Å². The summed E-state index contributed by atoms with van der Waals surface area (Å²) in [6.45, 7) is 0.612. The number of benzene rings is 3. The van der Waals surface area contributed by atoms with Crippen molar-refractivity contribution >= 4 is 11.9 Å². The molecular formula is C25H23NO3. The van der Waals surface area contributed by atoms with Gasteiger partial charge in [-0.3, -0.25) is 4.79 Å². The molecule has 1 fully saturated rings. The van der Waals surface area contributed by atoms with Crippen molar-refractivity contribution in [2.75, 3.05) is 6.54 Å². The predicted octanol–water partition coefficient (Wildman–Crippen LogP) is 5.40. The molecule has 146 valence electrons. The van der Waals surface area contributed by atoms with E-state index in [4.69, 9.17) is 4.74 Å². The maximum absolute atomic E-state index is 12.7. The lowest BCUT2D eigenvalue weighted by Crippen LogP contribution is -2.41. The van der Waals surface area contributed by atoms with E-state index in [1.54, 1.807) is 4.90 Å². The first-order chi connectivity index (χ1) is 14.2. The molecule has 1 heterocycles. The number of piperidine rings is 1. The third-order valence-electron chi connectivity index (χ3n) is 5.27. The Bertz CT molecular complexity index is 968. The number of hydrogen-bond acceptors (Lipinski definition) is 3. The molecule has 29 heavy (non-hydrogen) atoms. The van der Waals surface area contributed by atoms with E-state index in [0.29, 0.717) is 19.4 Å². The second-order valence-electron chi connectivity index (χ2n) is 7.23. The first-order valence-corrected chi connectivity index (χ1v) is 9.85. The van der Waals surface area contributed by atoms with Crippen LogP contribution < -0.4 is 0 Å². The van der Waals surface area contributed by atoms with Crippen molar-refractivity contribution in [3.8, 4) is 11.1 Å². The molecule has 0 radical (unpaired) electrons. The fraction of sp³-hybridized carbons (Fsp3) is 0.200. The van der Waals surface area contributed by atoms with Crippen molar-refractivity contribution in [3.63, 3.8) is 0 Å². The van der Waals surface area contributed by atoms with Gasteiger partial charge in [-0.15, -0.1) is 0 Å². The highest BCUT2D eigenvalue weighted by atomic mass is 16.6. The van der Waals surface area contributed by atoms with E-state index in [9.17, 15) is 9.59 Å². The topological polar surface area (TPSA) is 46.6 Å². The summed E-state index contributed by atoms with van der Waals surface area (Å²) in [5.74, 6) is 0.175. The molecule has 0 aliphatic carbocycles. The van der Waals surface area contributed by atoms with Gasteiger partial charge in [0.1, 0.15) is 12.4 Å². The van der Waals surface area contributed by atoms with Crippen LogP contribution in [0.1, 0.15) is 30.0 Å².